The largest absolute Gasteiger partial charge is 0.379 e. The van der Waals surface area contributed by atoms with Gasteiger partial charge in [-0.2, -0.15) is 0 Å². The maximum absolute atomic E-state index is 12.2. The van der Waals surface area contributed by atoms with Gasteiger partial charge in [0.05, 0.1) is 29.2 Å². The van der Waals surface area contributed by atoms with Gasteiger partial charge in [0, 0.05) is 19.6 Å². The maximum atomic E-state index is 12.2. The van der Waals surface area contributed by atoms with Gasteiger partial charge in [-0.15, -0.1) is 0 Å². The van der Waals surface area contributed by atoms with Crippen LogP contribution in [-0.4, -0.2) is 37.1 Å². The van der Waals surface area contributed by atoms with Crippen LogP contribution in [0.5, 0.6) is 0 Å². The van der Waals surface area contributed by atoms with Crippen molar-refractivity contribution < 1.29 is 9.53 Å². The van der Waals surface area contributed by atoms with Crippen LogP contribution in [0.1, 0.15) is 5.56 Å². The topological polar surface area (TPSA) is 55.6 Å². The summed E-state index contributed by atoms with van der Waals surface area (Å²) in [5, 5.41) is 0.992. The Morgan fingerprint density at radius 1 is 1.42 bits per heavy atom. The molecule has 6 heteroatoms. The Morgan fingerprint density at radius 2 is 2.16 bits per heavy atom. The van der Waals surface area contributed by atoms with Crippen molar-refractivity contribution >= 4 is 29.1 Å². The second-order valence-corrected chi connectivity index (χ2v) is 5.56. The number of rotatable bonds is 3. The van der Waals surface area contributed by atoms with Crippen LogP contribution >= 0.6 is 23.2 Å². The van der Waals surface area contributed by atoms with Crippen LogP contribution in [0.4, 0.5) is 0 Å². The molecule has 2 unspecified atom stereocenters. The van der Waals surface area contributed by atoms with Crippen molar-refractivity contribution in [3.05, 3.63) is 33.8 Å². The molecule has 0 aliphatic carbocycles. The van der Waals surface area contributed by atoms with E-state index in [9.17, 15) is 4.79 Å². The average molecular weight is 303 g/mol. The van der Waals surface area contributed by atoms with Crippen LogP contribution in [0.3, 0.4) is 0 Å². The van der Waals surface area contributed by atoms with E-state index >= 15 is 0 Å². The van der Waals surface area contributed by atoms with E-state index in [0.29, 0.717) is 29.8 Å². The molecule has 1 heterocycles. The van der Waals surface area contributed by atoms with E-state index in [4.69, 9.17) is 33.7 Å². The zero-order valence-electron chi connectivity index (χ0n) is 10.6. The van der Waals surface area contributed by atoms with Gasteiger partial charge in [-0.1, -0.05) is 29.3 Å². The molecule has 104 valence electrons. The molecule has 1 aromatic carbocycles. The van der Waals surface area contributed by atoms with Crippen LogP contribution in [0, 0.1) is 5.92 Å². The highest BCUT2D eigenvalue weighted by atomic mass is 35.5. The van der Waals surface area contributed by atoms with Crippen LogP contribution in [-0.2, 0) is 16.1 Å². The first-order valence-corrected chi connectivity index (χ1v) is 6.77. The lowest BCUT2D eigenvalue weighted by Gasteiger charge is -2.22. The number of hydrogen-bond donors (Lipinski definition) is 1. The van der Waals surface area contributed by atoms with Crippen LogP contribution < -0.4 is 5.73 Å². The summed E-state index contributed by atoms with van der Waals surface area (Å²) in [7, 11) is 1.75. The highest BCUT2D eigenvalue weighted by Gasteiger charge is 2.33. The molecule has 0 saturated carbocycles. The van der Waals surface area contributed by atoms with Crippen molar-refractivity contribution in [2.24, 2.45) is 11.7 Å². The zero-order chi connectivity index (χ0) is 14.0. The highest BCUT2D eigenvalue weighted by Crippen LogP contribution is 2.23. The second kappa shape index (κ2) is 6.09. The third-order valence-corrected chi connectivity index (χ3v) is 3.96. The third-order valence-electron chi connectivity index (χ3n) is 3.22. The van der Waals surface area contributed by atoms with Gasteiger partial charge in [-0.05, 0) is 17.7 Å². The van der Waals surface area contributed by atoms with E-state index in [1.807, 2.05) is 6.07 Å². The Labute approximate surface area is 122 Å². The fourth-order valence-electron chi connectivity index (χ4n) is 2.10. The Kier molecular flexibility index (Phi) is 4.68. The van der Waals surface area contributed by atoms with Crippen molar-refractivity contribution in [1.29, 1.82) is 0 Å². The molecule has 1 saturated heterocycles. The number of benzene rings is 1. The van der Waals surface area contributed by atoms with Gasteiger partial charge in [-0.3, -0.25) is 4.79 Å². The molecule has 19 heavy (non-hydrogen) atoms. The number of carbonyl (C=O) groups excluding carboxylic acids is 1. The van der Waals surface area contributed by atoms with Gasteiger partial charge < -0.3 is 15.4 Å². The Hall–Kier alpha value is -0.810. The number of amides is 1. The van der Waals surface area contributed by atoms with Crippen LogP contribution in [0.25, 0.3) is 0 Å². The highest BCUT2D eigenvalue weighted by molar-refractivity contribution is 6.42. The van der Waals surface area contributed by atoms with E-state index < -0.39 is 0 Å². The fourth-order valence-corrected chi connectivity index (χ4v) is 2.42. The quantitative estimate of drug-likeness (QED) is 0.928. The Bertz CT molecular complexity index is 482. The fraction of sp³-hybridized carbons (Fsp3) is 0.462. The van der Waals surface area contributed by atoms with Crippen molar-refractivity contribution in [2.75, 3.05) is 20.3 Å². The van der Waals surface area contributed by atoms with Gasteiger partial charge in [0.15, 0.2) is 0 Å². The standard InChI is InChI=1S/C13H16Cl2N2O2/c1-17(13(18)9-6-19-7-12(9)16)5-8-2-3-10(14)11(15)4-8/h2-4,9,12H,5-7,16H2,1H3. The minimum Gasteiger partial charge on any atom is -0.379 e. The van der Waals surface area contributed by atoms with Gasteiger partial charge >= 0.3 is 0 Å². The molecule has 1 aliphatic rings. The van der Waals surface area contributed by atoms with Crippen molar-refractivity contribution in [1.82, 2.24) is 4.90 Å². The molecular weight excluding hydrogens is 287 g/mol. The summed E-state index contributed by atoms with van der Waals surface area (Å²) >= 11 is 11.8. The third kappa shape index (κ3) is 3.39. The van der Waals surface area contributed by atoms with Gasteiger partial charge in [-0.25, -0.2) is 0 Å². The predicted molar refractivity (Wildman–Crippen MR) is 75.2 cm³/mol. The first kappa shape index (κ1) is 14.6. The summed E-state index contributed by atoms with van der Waals surface area (Å²) in [5.74, 6) is -0.260. The monoisotopic (exact) mass is 302 g/mol. The number of carbonyl (C=O) groups is 1. The molecule has 1 fully saturated rings. The minimum absolute atomic E-state index is 0.00364. The lowest BCUT2D eigenvalue weighted by molar-refractivity contribution is -0.135. The van der Waals surface area contributed by atoms with Gasteiger partial charge in [0.25, 0.3) is 0 Å². The lowest BCUT2D eigenvalue weighted by Crippen LogP contribution is -2.41. The molecule has 1 aliphatic heterocycles. The molecular formula is C13H16Cl2N2O2. The van der Waals surface area contributed by atoms with Gasteiger partial charge in [0.1, 0.15) is 0 Å². The minimum atomic E-state index is -0.257. The molecule has 2 N–H and O–H groups in total. The molecule has 2 rings (SSSR count). The van der Waals surface area contributed by atoms with Crippen molar-refractivity contribution in [3.8, 4) is 0 Å². The zero-order valence-corrected chi connectivity index (χ0v) is 12.1. The summed E-state index contributed by atoms with van der Waals surface area (Å²) in [5.41, 5.74) is 6.77. The number of nitrogens with two attached hydrogens (primary N) is 1. The first-order chi connectivity index (χ1) is 8.99. The summed E-state index contributed by atoms with van der Waals surface area (Å²) in [6, 6.07) is 5.12. The van der Waals surface area contributed by atoms with Crippen LogP contribution in [0.2, 0.25) is 10.0 Å². The van der Waals surface area contributed by atoms with Crippen molar-refractivity contribution in [2.45, 2.75) is 12.6 Å². The SMILES string of the molecule is CN(Cc1ccc(Cl)c(Cl)c1)C(=O)C1COCC1N. The Balaban J connectivity index is 2.01. The van der Waals surface area contributed by atoms with Gasteiger partial charge in [0.2, 0.25) is 5.91 Å². The van der Waals surface area contributed by atoms with E-state index in [0.717, 1.165) is 5.56 Å². The number of ether oxygens (including phenoxy) is 1. The number of nitrogens with zero attached hydrogens (tertiary/aromatic N) is 1. The number of halogens is 2. The van der Waals surface area contributed by atoms with E-state index in [2.05, 4.69) is 0 Å². The van der Waals surface area contributed by atoms with E-state index in [-0.39, 0.29) is 17.9 Å². The second-order valence-electron chi connectivity index (χ2n) is 4.75. The molecule has 0 aromatic heterocycles. The molecule has 1 amide bonds. The molecule has 1 aromatic rings. The molecule has 0 bridgehead atoms. The lowest BCUT2D eigenvalue weighted by atomic mass is 10.0. The molecule has 2 atom stereocenters. The molecule has 0 radical (unpaired) electrons. The van der Waals surface area contributed by atoms with Crippen molar-refractivity contribution in [3.63, 3.8) is 0 Å². The van der Waals surface area contributed by atoms with E-state index in [1.165, 1.54) is 0 Å². The summed E-state index contributed by atoms with van der Waals surface area (Å²) in [6.45, 7) is 1.31. The normalized spacial score (nSPS) is 22.5. The summed E-state index contributed by atoms with van der Waals surface area (Å²) in [4.78, 5) is 13.9. The molecule has 0 spiro atoms. The smallest absolute Gasteiger partial charge is 0.229 e. The van der Waals surface area contributed by atoms with E-state index in [1.54, 1.807) is 24.1 Å². The molecule has 4 nitrogen and oxygen atoms in total. The number of hydrogen-bond acceptors (Lipinski definition) is 3. The predicted octanol–water partition coefficient (Wildman–Crippen LogP) is 1.93. The summed E-state index contributed by atoms with van der Waals surface area (Å²) < 4.78 is 5.21. The first-order valence-electron chi connectivity index (χ1n) is 6.01. The summed E-state index contributed by atoms with van der Waals surface area (Å²) in [6.07, 6.45) is 0. The van der Waals surface area contributed by atoms with Crippen LogP contribution in [0.15, 0.2) is 18.2 Å². The maximum Gasteiger partial charge on any atom is 0.229 e. The Morgan fingerprint density at radius 3 is 2.74 bits per heavy atom. The average Bonchev–Trinajstić information content (AvgIpc) is 2.79.